The molecule has 0 amide bonds. The van der Waals surface area contributed by atoms with Crippen LogP contribution in [-0.2, 0) is 4.74 Å². The third-order valence-electron chi connectivity index (χ3n) is 5.49. The number of anilines is 1. The van der Waals surface area contributed by atoms with Crippen LogP contribution in [0.5, 0.6) is 0 Å². The fraction of sp³-hybridized carbons (Fsp3) is 0.478. The van der Waals surface area contributed by atoms with Crippen LogP contribution < -0.4 is 4.90 Å². The van der Waals surface area contributed by atoms with Crippen molar-refractivity contribution in [1.29, 1.82) is 0 Å². The van der Waals surface area contributed by atoms with Crippen LogP contribution in [0, 0.1) is 0 Å². The highest BCUT2D eigenvalue weighted by atomic mass is 16.5. The van der Waals surface area contributed by atoms with Gasteiger partial charge in [-0.15, -0.1) is 0 Å². The molecule has 0 saturated heterocycles. The van der Waals surface area contributed by atoms with Gasteiger partial charge in [-0.05, 0) is 43.4 Å². The highest BCUT2D eigenvalue weighted by molar-refractivity contribution is 5.59. The summed E-state index contributed by atoms with van der Waals surface area (Å²) in [5.41, 5.74) is 4.37. The normalized spacial score (nSPS) is 20.2. The van der Waals surface area contributed by atoms with Gasteiger partial charge in [0.15, 0.2) is 0 Å². The van der Waals surface area contributed by atoms with E-state index in [2.05, 4.69) is 87.2 Å². The molecule has 1 aliphatic rings. The van der Waals surface area contributed by atoms with E-state index >= 15 is 0 Å². The summed E-state index contributed by atoms with van der Waals surface area (Å²) in [5, 5.41) is 0. The number of hydrogen-bond acceptors (Lipinski definition) is 2. The first-order valence-corrected chi connectivity index (χ1v) is 9.48. The van der Waals surface area contributed by atoms with Crippen LogP contribution in [0.15, 0.2) is 54.6 Å². The topological polar surface area (TPSA) is 12.5 Å². The van der Waals surface area contributed by atoms with Gasteiger partial charge in [0.2, 0.25) is 0 Å². The second kappa shape index (κ2) is 7.61. The van der Waals surface area contributed by atoms with Crippen LogP contribution in [0.1, 0.15) is 57.1 Å². The summed E-state index contributed by atoms with van der Waals surface area (Å²) in [5.74, 6) is 1.05. The van der Waals surface area contributed by atoms with E-state index in [9.17, 15) is 0 Å². The first-order valence-electron chi connectivity index (χ1n) is 9.48. The predicted molar refractivity (Wildman–Crippen MR) is 107 cm³/mol. The molecular formula is C23H31NO. The number of rotatable bonds is 6. The van der Waals surface area contributed by atoms with Gasteiger partial charge in [-0.25, -0.2) is 0 Å². The molecule has 1 aliphatic heterocycles. The van der Waals surface area contributed by atoms with E-state index in [-0.39, 0.29) is 5.54 Å². The first-order chi connectivity index (χ1) is 12.0. The van der Waals surface area contributed by atoms with Gasteiger partial charge in [-0.1, -0.05) is 62.4 Å². The fourth-order valence-corrected chi connectivity index (χ4v) is 4.16. The number of hydrogen-bond donors (Lipinski definition) is 0. The van der Waals surface area contributed by atoms with E-state index in [1.807, 2.05) is 0 Å². The van der Waals surface area contributed by atoms with Crippen molar-refractivity contribution in [2.75, 3.05) is 24.7 Å². The molecule has 1 heterocycles. The lowest BCUT2D eigenvalue weighted by atomic mass is 9.80. The lowest BCUT2D eigenvalue weighted by Crippen LogP contribution is -2.49. The lowest BCUT2D eigenvalue weighted by molar-refractivity contribution is 0.125. The van der Waals surface area contributed by atoms with Crippen LogP contribution in [0.2, 0.25) is 0 Å². The zero-order chi connectivity index (χ0) is 17.9. The summed E-state index contributed by atoms with van der Waals surface area (Å²) in [7, 11) is 0. The molecule has 0 fully saturated rings. The summed E-state index contributed by atoms with van der Waals surface area (Å²) < 4.78 is 6.05. The Bertz CT molecular complexity index is 680. The van der Waals surface area contributed by atoms with E-state index in [1.54, 1.807) is 0 Å². The van der Waals surface area contributed by atoms with Gasteiger partial charge in [0.1, 0.15) is 0 Å². The lowest BCUT2D eigenvalue weighted by Gasteiger charge is -2.47. The van der Waals surface area contributed by atoms with Gasteiger partial charge < -0.3 is 9.64 Å². The second-order valence-corrected chi connectivity index (χ2v) is 8.01. The Hall–Kier alpha value is -1.80. The van der Waals surface area contributed by atoms with E-state index in [4.69, 9.17) is 4.74 Å². The number of ether oxygens (including phenoxy) is 1. The van der Waals surface area contributed by atoms with E-state index in [1.165, 1.54) is 23.2 Å². The second-order valence-electron chi connectivity index (χ2n) is 8.01. The molecule has 3 rings (SSSR count). The Morgan fingerprint density at radius 2 is 1.76 bits per heavy atom. The third-order valence-corrected chi connectivity index (χ3v) is 5.49. The van der Waals surface area contributed by atoms with Crippen molar-refractivity contribution >= 4 is 5.69 Å². The van der Waals surface area contributed by atoms with Crippen LogP contribution in [0.4, 0.5) is 5.69 Å². The maximum Gasteiger partial charge on any atom is 0.0642 e. The molecule has 2 aromatic rings. The van der Waals surface area contributed by atoms with E-state index in [0.29, 0.717) is 11.8 Å². The summed E-state index contributed by atoms with van der Waals surface area (Å²) in [4.78, 5) is 2.54. The van der Waals surface area contributed by atoms with E-state index in [0.717, 1.165) is 19.8 Å². The minimum absolute atomic E-state index is 0.169. The molecule has 0 aliphatic carbocycles. The fourth-order valence-electron chi connectivity index (χ4n) is 4.16. The Morgan fingerprint density at radius 1 is 1.08 bits per heavy atom. The third kappa shape index (κ3) is 4.07. The minimum Gasteiger partial charge on any atom is -0.379 e. The molecule has 0 aromatic heterocycles. The predicted octanol–water partition coefficient (Wildman–Crippen LogP) is 5.60. The molecular weight excluding hydrogens is 306 g/mol. The van der Waals surface area contributed by atoms with Gasteiger partial charge in [-0.2, -0.15) is 0 Å². The summed E-state index contributed by atoms with van der Waals surface area (Å²) in [6.45, 7) is 11.8. The number of para-hydroxylation sites is 1. The Balaban J connectivity index is 1.60. The summed E-state index contributed by atoms with van der Waals surface area (Å²) >= 11 is 0. The molecule has 2 unspecified atom stereocenters. The average Bonchev–Trinajstić information content (AvgIpc) is 2.61. The molecule has 2 heteroatoms. The van der Waals surface area contributed by atoms with Gasteiger partial charge >= 0.3 is 0 Å². The Kier molecular flexibility index (Phi) is 5.48. The molecule has 134 valence electrons. The molecule has 2 atom stereocenters. The smallest absolute Gasteiger partial charge is 0.0642 e. The van der Waals surface area contributed by atoms with Gasteiger partial charge in [0.05, 0.1) is 13.2 Å². The van der Waals surface area contributed by atoms with Crippen LogP contribution in [0.3, 0.4) is 0 Å². The maximum absolute atomic E-state index is 6.05. The molecule has 0 radical (unpaired) electrons. The molecule has 2 nitrogen and oxygen atoms in total. The first kappa shape index (κ1) is 18.0. The van der Waals surface area contributed by atoms with Gasteiger partial charge in [-0.3, -0.25) is 0 Å². The Labute approximate surface area is 152 Å². The SMILES string of the molecule is CC(COCCN1c2ccccc2C(C)CC1(C)C)c1ccccc1. The average molecular weight is 338 g/mol. The van der Waals surface area contributed by atoms with Crippen LogP contribution in [-0.4, -0.2) is 25.3 Å². The minimum atomic E-state index is 0.169. The van der Waals surface area contributed by atoms with Crippen molar-refractivity contribution in [2.45, 2.75) is 51.5 Å². The van der Waals surface area contributed by atoms with Gasteiger partial charge in [0.25, 0.3) is 0 Å². The molecule has 0 N–H and O–H groups in total. The van der Waals surface area contributed by atoms with Crippen molar-refractivity contribution in [3.05, 3.63) is 65.7 Å². The van der Waals surface area contributed by atoms with Crippen LogP contribution >= 0.6 is 0 Å². The number of nitrogens with zero attached hydrogens (tertiary/aromatic N) is 1. The molecule has 0 saturated carbocycles. The van der Waals surface area contributed by atoms with Crippen molar-refractivity contribution < 1.29 is 4.74 Å². The highest BCUT2D eigenvalue weighted by Gasteiger charge is 2.35. The summed E-state index contributed by atoms with van der Waals surface area (Å²) in [6, 6.07) is 19.5. The number of benzene rings is 2. The highest BCUT2D eigenvalue weighted by Crippen LogP contribution is 2.42. The Morgan fingerprint density at radius 3 is 2.52 bits per heavy atom. The quantitative estimate of drug-likeness (QED) is 0.636. The van der Waals surface area contributed by atoms with Crippen LogP contribution in [0.25, 0.3) is 0 Å². The summed E-state index contributed by atoms with van der Waals surface area (Å²) in [6.07, 6.45) is 1.18. The largest absolute Gasteiger partial charge is 0.379 e. The molecule has 2 aromatic carbocycles. The monoisotopic (exact) mass is 337 g/mol. The van der Waals surface area contributed by atoms with Gasteiger partial charge in [0, 0.05) is 23.7 Å². The van der Waals surface area contributed by atoms with Crippen molar-refractivity contribution in [1.82, 2.24) is 0 Å². The zero-order valence-electron chi connectivity index (χ0n) is 16.0. The van der Waals surface area contributed by atoms with Crippen molar-refractivity contribution in [2.24, 2.45) is 0 Å². The molecule has 25 heavy (non-hydrogen) atoms. The molecule has 0 spiro atoms. The molecule has 0 bridgehead atoms. The standard InChI is InChI=1S/C23H31NO/c1-18-16-23(3,4)24(22-13-9-8-12-21(18)22)14-15-25-17-19(2)20-10-6-5-7-11-20/h5-13,18-19H,14-17H2,1-4H3. The van der Waals surface area contributed by atoms with E-state index < -0.39 is 0 Å². The number of fused-ring (bicyclic) bond motifs is 1. The van der Waals surface area contributed by atoms with Crippen molar-refractivity contribution in [3.8, 4) is 0 Å². The van der Waals surface area contributed by atoms with Crippen molar-refractivity contribution in [3.63, 3.8) is 0 Å². The zero-order valence-corrected chi connectivity index (χ0v) is 16.0. The maximum atomic E-state index is 6.05.